The van der Waals surface area contributed by atoms with Crippen molar-refractivity contribution in [2.75, 3.05) is 5.32 Å². The molecule has 0 radical (unpaired) electrons. The van der Waals surface area contributed by atoms with Gasteiger partial charge in [0.05, 0.1) is 16.9 Å². The quantitative estimate of drug-likeness (QED) is 0.845. The molecule has 0 bridgehead atoms. The molecule has 0 spiro atoms. The summed E-state index contributed by atoms with van der Waals surface area (Å²) in [6.07, 6.45) is 1.66. The lowest BCUT2D eigenvalue weighted by molar-refractivity contribution is 0.0980. The fourth-order valence-corrected chi connectivity index (χ4v) is 2.31. The first-order valence-corrected chi connectivity index (χ1v) is 7.44. The zero-order valence-corrected chi connectivity index (χ0v) is 13.2. The number of anilines is 1. The van der Waals surface area contributed by atoms with Crippen LogP contribution in [0.5, 0.6) is 0 Å². The van der Waals surface area contributed by atoms with Crippen LogP contribution in [0.15, 0.2) is 22.7 Å². The molecule has 2 rings (SSSR count). The highest BCUT2D eigenvalue weighted by atomic mass is 19.1. The van der Waals surface area contributed by atoms with Crippen molar-refractivity contribution in [3.8, 4) is 0 Å². The van der Waals surface area contributed by atoms with Crippen LogP contribution in [-0.2, 0) is 0 Å². The summed E-state index contributed by atoms with van der Waals surface area (Å²) in [5.41, 5.74) is 4.72. The maximum absolute atomic E-state index is 13.8. The lowest BCUT2D eigenvalue weighted by Gasteiger charge is -2.07. The largest absolute Gasteiger partial charge is 0.366 e. The average Bonchev–Trinajstić information content (AvgIpc) is 3.00. The Bertz CT molecular complexity index is 770. The Morgan fingerprint density at radius 3 is 2.46 bits per heavy atom. The van der Waals surface area contributed by atoms with Crippen LogP contribution in [0, 0.1) is 11.6 Å². The minimum absolute atomic E-state index is 0.110. The van der Waals surface area contributed by atoms with Gasteiger partial charge in [-0.15, -0.1) is 0 Å². The van der Waals surface area contributed by atoms with Gasteiger partial charge in [-0.05, 0) is 18.9 Å². The number of benzene rings is 1. The maximum atomic E-state index is 13.8. The molecule has 1 aromatic carbocycles. The number of nitrogens with two attached hydrogens (primary N) is 1. The number of primary amides is 1. The lowest BCUT2D eigenvalue weighted by atomic mass is 9.99. The number of nitrogens with zero attached hydrogens (tertiary/aromatic N) is 1. The molecule has 0 unspecified atom stereocenters. The van der Waals surface area contributed by atoms with Crippen molar-refractivity contribution < 1.29 is 22.9 Å². The second kappa shape index (κ2) is 7.20. The van der Waals surface area contributed by atoms with Gasteiger partial charge in [-0.3, -0.25) is 9.59 Å². The van der Waals surface area contributed by atoms with Crippen LogP contribution in [0.25, 0.3) is 0 Å². The molecule has 0 fully saturated rings. The molecule has 0 aliphatic carbocycles. The summed E-state index contributed by atoms with van der Waals surface area (Å²) in [6, 6.07) is 2.79. The van der Waals surface area contributed by atoms with Gasteiger partial charge in [-0.1, -0.05) is 19.0 Å². The molecule has 0 aliphatic rings. The maximum Gasteiger partial charge on any atom is 0.294 e. The van der Waals surface area contributed by atoms with E-state index in [-0.39, 0.29) is 17.4 Å². The van der Waals surface area contributed by atoms with Gasteiger partial charge in [0, 0.05) is 18.1 Å². The van der Waals surface area contributed by atoms with Crippen LogP contribution in [0.4, 0.5) is 14.5 Å². The third kappa shape index (κ3) is 3.58. The van der Waals surface area contributed by atoms with Gasteiger partial charge in [0.1, 0.15) is 11.6 Å². The Morgan fingerprint density at radius 2 is 1.88 bits per heavy atom. The van der Waals surface area contributed by atoms with Crippen molar-refractivity contribution in [3.63, 3.8) is 0 Å². The highest BCUT2D eigenvalue weighted by Crippen LogP contribution is 2.24. The van der Waals surface area contributed by atoms with Crippen LogP contribution in [-0.4, -0.2) is 17.0 Å². The average molecular weight is 337 g/mol. The van der Waals surface area contributed by atoms with Crippen molar-refractivity contribution in [2.24, 2.45) is 5.73 Å². The Labute approximate surface area is 137 Å². The number of aromatic nitrogens is 1. The van der Waals surface area contributed by atoms with Gasteiger partial charge in [0.2, 0.25) is 5.76 Å². The zero-order chi connectivity index (χ0) is 17.9. The molecule has 2 aromatic rings. The molecule has 1 heterocycles. The van der Waals surface area contributed by atoms with Gasteiger partial charge in [-0.2, -0.15) is 0 Å². The van der Waals surface area contributed by atoms with Crippen molar-refractivity contribution in [2.45, 2.75) is 32.6 Å². The van der Waals surface area contributed by atoms with E-state index in [1.165, 1.54) is 6.07 Å². The smallest absolute Gasteiger partial charge is 0.294 e. The first kappa shape index (κ1) is 17.6. The zero-order valence-electron chi connectivity index (χ0n) is 13.2. The van der Waals surface area contributed by atoms with E-state index in [0.29, 0.717) is 11.8 Å². The summed E-state index contributed by atoms with van der Waals surface area (Å²) in [5.74, 6) is -3.93. The van der Waals surface area contributed by atoms with Crippen molar-refractivity contribution >= 4 is 17.5 Å². The number of hydrogen-bond donors (Lipinski definition) is 2. The van der Waals surface area contributed by atoms with Crippen LogP contribution in [0.2, 0.25) is 0 Å². The van der Waals surface area contributed by atoms with E-state index < -0.39 is 29.0 Å². The number of rotatable bonds is 6. The number of nitrogens with one attached hydrogen (secondary N) is 1. The van der Waals surface area contributed by atoms with Gasteiger partial charge >= 0.3 is 0 Å². The second-order valence-electron chi connectivity index (χ2n) is 5.26. The minimum atomic E-state index is -1.10. The van der Waals surface area contributed by atoms with E-state index in [2.05, 4.69) is 10.5 Å². The molecule has 24 heavy (non-hydrogen) atoms. The van der Waals surface area contributed by atoms with E-state index in [1.807, 2.05) is 13.8 Å². The van der Waals surface area contributed by atoms with Crippen LogP contribution in [0.1, 0.15) is 59.2 Å². The molecule has 2 amide bonds. The predicted molar refractivity (Wildman–Crippen MR) is 82.7 cm³/mol. The topological polar surface area (TPSA) is 98.2 Å². The van der Waals surface area contributed by atoms with Gasteiger partial charge < -0.3 is 15.6 Å². The Balaban J connectivity index is 2.24. The van der Waals surface area contributed by atoms with Crippen molar-refractivity contribution in [3.05, 3.63) is 46.9 Å². The van der Waals surface area contributed by atoms with E-state index in [9.17, 15) is 18.4 Å². The number of carbonyl (C=O) groups is 2. The van der Waals surface area contributed by atoms with Gasteiger partial charge in [0.15, 0.2) is 0 Å². The molecular weight excluding hydrogens is 320 g/mol. The summed E-state index contributed by atoms with van der Waals surface area (Å²) in [6.45, 7) is 3.98. The van der Waals surface area contributed by atoms with E-state index in [1.54, 1.807) is 0 Å². The molecule has 6 nitrogen and oxygen atoms in total. The SMILES string of the molecule is CCC(CC)c1cc(C(=O)Nc2cc(C(N)=O)c(F)cc2F)on1. The fourth-order valence-electron chi connectivity index (χ4n) is 2.31. The van der Waals surface area contributed by atoms with Gasteiger partial charge in [0.25, 0.3) is 11.8 Å². The second-order valence-corrected chi connectivity index (χ2v) is 5.26. The fraction of sp³-hybridized carbons (Fsp3) is 0.312. The Kier molecular flexibility index (Phi) is 5.28. The lowest BCUT2D eigenvalue weighted by Crippen LogP contribution is -2.17. The number of amides is 2. The van der Waals surface area contributed by atoms with Crippen molar-refractivity contribution in [1.82, 2.24) is 5.16 Å². The van der Waals surface area contributed by atoms with Crippen LogP contribution in [0.3, 0.4) is 0 Å². The predicted octanol–water partition coefficient (Wildman–Crippen LogP) is 3.21. The summed E-state index contributed by atoms with van der Waals surface area (Å²) in [7, 11) is 0. The molecule has 1 aromatic heterocycles. The molecule has 0 aliphatic heterocycles. The minimum Gasteiger partial charge on any atom is -0.366 e. The highest BCUT2D eigenvalue weighted by Gasteiger charge is 2.20. The van der Waals surface area contributed by atoms with E-state index in [0.717, 1.165) is 18.9 Å². The number of hydrogen-bond acceptors (Lipinski definition) is 4. The Morgan fingerprint density at radius 1 is 1.21 bits per heavy atom. The highest BCUT2D eigenvalue weighted by molar-refractivity contribution is 6.03. The molecule has 0 atom stereocenters. The van der Waals surface area contributed by atoms with E-state index >= 15 is 0 Å². The third-order valence-corrected chi connectivity index (χ3v) is 3.73. The number of carbonyl (C=O) groups excluding carboxylic acids is 2. The molecule has 8 heteroatoms. The monoisotopic (exact) mass is 337 g/mol. The van der Waals surface area contributed by atoms with E-state index in [4.69, 9.17) is 10.3 Å². The normalized spacial score (nSPS) is 10.9. The standard InChI is InChI=1S/C16H17F2N3O3/c1-3-8(4-2)12-7-14(24-21-12)16(23)20-13-5-9(15(19)22)10(17)6-11(13)18/h5-8H,3-4H2,1-2H3,(H2,19,22)(H,20,23). The molecule has 0 saturated carbocycles. The number of halogens is 2. The Hall–Kier alpha value is -2.77. The first-order chi connectivity index (χ1) is 11.4. The third-order valence-electron chi connectivity index (χ3n) is 3.73. The molecule has 0 saturated heterocycles. The molecule has 128 valence electrons. The van der Waals surface area contributed by atoms with Crippen molar-refractivity contribution in [1.29, 1.82) is 0 Å². The molecular formula is C16H17F2N3O3. The summed E-state index contributed by atoms with van der Waals surface area (Å²) >= 11 is 0. The molecule has 3 N–H and O–H groups in total. The van der Waals surface area contributed by atoms with Crippen LogP contribution < -0.4 is 11.1 Å². The van der Waals surface area contributed by atoms with Gasteiger partial charge in [-0.25, -0.2) is 8.78 Å². The summed E-state index contributed by atoms with van der Waals surface area (Å²) in [4.78, 5) is 23.2. The van der Waals surface area contributed by atoms with Crippen LogP contribution >= 0.6 is 0 Å². The summed E-state index contributed by atoms with van der Waals surface area (Å²) < 4.78 is 32.2. The summed E-state index contributed by atoms with van der Waals surface area (Å²) in [5, 5.41) is 6.05. The first-order valence-electron chi connectivity index (χ1n) is 7.44.